The monoisotopic (exact) mass is 360 g/mol. The van der Waals surface area contributed by atoms with E-state index in [1.807, 2.05) is 37.2 Å². The number of pyridine rings is 1. The Balaban J connectivity index is 1.71. The van der Waals surface area contributed by atoms with Crippen LogP contribution in [0.2, 0.25) is 0 Å². The molecule has 2 heterocycles. The summed E-state index contributed by atoms with van der Waals surface area (Å²) >= 11 is 0. The molecule has 3 rings (SSSR count). The molecule has 7 heteroatoms. The number of piperazine rings is 1. The van der Waals surface area contributed by atoms with Gasteiger partial charge in [-0.15, -0.1) is 0 Å². The van der Waals surface area contributed by atoms with Gasteiger partial charge in [-0.2, -0.15) is 4.31 Å². The fraction of sp³-hybridized carbons (Fsp3) is 0.389. The first-order chi connectivity index (χ1) is 12.0. The molecule has 1 fully saturated rings. The van der Waals surface area contributed by atoms with Crippen LogP contribution in [0, 0.1) is 0 Å². The van der Waals surface area contributed by atoms with Crippen LogP contribution in [0.15, 0.2) is 53.6 Å². The third-order valence-corrected chi connectivity index (χ3v) is 6.36. The summed E-state index contributed by atoms with van der Waals surface area (Å²) in [6, 6.07) is 13.5. The summed E-state index contributed by atoms with van der Waals surface area (Å²) in [4.78, 5) is 8.75. The number of anilines is 1. The maximum Gasteiger partial charge on any atom is 0.244 e. The SMILES string of the molecule is CN1CCN(S(=O)(=O)c2ccc(N(C)Cc3ccccc3)nc2)CC1. The van der Waals surface area contributed by atoms with E-state index in [0.717, 1.165) is 25.5 Å². The van der Waals surface area contributed by atoms with Crippen LogP contribution in [0.3, 0.4) is 0 Å². The summed E-state index contributed by atoms with van der Waals surface area (Å²) in [6.45, 7) is 3.27. The van der Waals surface area contributed by atoms with E-state index in [2.05, 4.69) is 22.0 Å². The van der Waals surface area contributed by atoms with Crippen LogP contribution in [-0.2, 0) is 16.6 Å². The predicted octanol–water partition coefficient (Wildman–Crippen LogP) is 1.65. The third kappa shape index (κ3) is 4.18. The van der Waals surface area contributed by atoms with Gasteiger partial charge in [-0.1, -0.05) is 30.3 Å². The molecule has 1 aliphatic heterocycles. The van der Waals surface area contributed by atoms with Gasteiger partial charge in [-0.25, -0.2) is 13.4 Å². The quantitative estimate of drug-likeness (QED) is 0.812. The number of aromatic nitrogens is 1. The molecule has 0 atom stereocenters. The first kappa shape index (κ1) is 17.8. The highest BCUT2D eigenvalue weighted by atomic mass is 32.2. The zero-order chi connectivity index (χ0) is 17.9. The number of rotatable bonds is 5. The van der Waals surface area contributed by atoms with Crippen LogP contribution in [0.5, 0.6) is 0 Å². The number of nitrogens with zero attached hydrogens (tertiary/aromatic N) is 4. The zero-order valence-electron chi connectivity index (χ0n) is 14.7. The molecule has 0 radical (unpaired) electrons. The minimum atomic E-state index is -3.46. The molecular formula is C18H24N4O2S. The Morgan fingerprint density at radius 2 is 1.72 bits per heavy atom. The van der Waals surface area contributed by atoms with Crippen LogP contribution in [0.1, 0.15) is 5.56 Å². The highest BCUT2D eigenvalue weighted by Gasteiger charge is 2.27. The molecule has 0 N–H and O–H groups in total. The van der Waals surface area contributed by atoms with Gasteiger partial charge in [-0.3, -0.25) is 0 Å². The second-order valence-electron chi connectivity index (χ2n) is 6.40. The number of sulfonamides is 1. The number of hydrogen-bond acceptors (Lipinski definition) is 5. The molecule has 134 valence electrons. The molecule has 0 aliphatic carbocycles. The summed E-state index contributed by atoms with van der Waals surface area (Å²) in [5.41, 5.74) is 1.18. The second kappa shape index (κ2) is 7.51. The maximum absolute atomic E-state index is 12.7. The van der Waals surface area contributed by atoms with Gasteiger partial charge in [0, 0.05) is 46.0 Å². The highest BCUT2D eigenvalue weighted by Crippen LogP contribution is 2.19. The van der Waals surface area contributed by atoms with Crippen molar-refractivity contribution in [1.82, 2.24) is 14.2 Å². The molecule has 1 saturated heterocycles. The second-order valence-corrected chi connectivity index (χ2v) is 8.34. The van der Waals surface area contributed by atoms with E-state index in [0.29, 0.717) is 13.1 Å². The lowest BCUT2D eigenvalue weighted by atomic mass is 10.2. The molecule has 6 nitrogen and oxygen atoms in total. The lowest BCUT2D eigenvalue weighted by Gasteiger charge is -2.31. The molecule has 1 aromatic heterocycles. The van der Waals surface area contributed by atoms with E-state index in [9.17, 15) is 8.42 Å². The predicted molar refractivity (Wildman–Crippen MR) is 99.0 cm³/mol. The van der Waals surface area contributed by atoms with Crippen molar-refractivity contribution in [2.24, 2.45) is 0 Å². The molecule has 0 unspecified atom stereocenters. The Labute approximate surface area is 149 Å². The molecule has 25 heavy (non-hydrogen) atoms. The smallest absolute Gasteiger partial charge is 0.244 e. The van der Waals surface area contributed by atoms with E-state index < -0.39 is 10.0 Å². The van der Waals surface area contributed by atoms with E-state index >= 15 is 0 Å². The van der Waals surface area contributed by atoms with Gasteiger partial charge in [-0.05, 0) is 24.7 Å². The van der Waals surface area contributed by atoms with Gasteiger partial charge in [0.2, 0.25) is 10.0 Å². The Kier molecular flexibility index (Phi) is 5.36. The van der Waals surface area contributed by atoms with Crippen molar-refractivity contribution in [3.63, 3.8) is 0 Å². The van der Waals surface area contributed by atoms with Crippen molar-refractivity contribution in [1.29, 1.82) is 0 Å². The molecule has 0 saturated carbocycles. The average Bonchev–Trinajstić information content (AvgIpc) is 2.63. The summed E-state index contributed by atoms with van der Waals surface area (Å²) < 4.78 is 27.0. The largest absolute Gasteiger partial charge is 0.355 e. The van der Waals surface area contributed by atoms with Crippen LogP contribution >= 0.6 is 0 Å². The van der Waals surface area contributed by atoms with Crippen LogP contribution < -0.4 is 4.90 Å². The van der Waals surface area contributed by atoms with E-state index in [-0.39, 0.29) is 4.90 Å². The van der Waals surface area contributed by atoms with Gasteiger partial charge in [0.05, 0.1) is 0 Å². The maximum atomic E-state index is 12.7. The number of likely N-dealkylation sites (N-methyl/N-ethyl adjacent to an activating group) is 1. The Hall–Kier alpha value is -1.96. The lowest BCUT2D eigenvalue weighted by Crippen LogP contribution is -2.47. The van der Waals surface area contributed by atoms with Crippen molar-refractivity contribution in [3.8, 4) is 0 Å². The fourth-order valence-electron chi connectivity index (χ4n) is 2.87. The van der Waals surface area contributed by atoms with Crippen LogP contribution in [0.4, 0.5) is 5.82 Å². The summed E-state index contributed by atoms with van der Waals surface area (Å²) in [6.07, 6.45) is 1.46. The van der Waals surface area contributed by atoms with E-state index in [4.69, 9.17) is 0 Å². The number of benzene rings is 1. The standard InChI is InChI=1S/C18H24N4O2S/c1-20-10-12-22(13-11-20)25(23,24)17-8-9-18(19-14-17)21(2)15-16-6-4-3-5-7-16/h3-9,14H,10-13,15H2,1-2H3. The summed E-state index contributed by atoms with van der Waals surface area (Å²) in [5, 5.41) is 0. The first-order valence-corrected chi connectivity index (χ1v) is 9.80. The molecule has 0 amide bonds. The Bertz CT molecular complexity index is 786. The normalized spacial score (nSPS) is 16.7. The van der Waals surface area contributed by atoms with Crippen molar-refractivity contribution >= 4 is 15.8 Å². The van der Waals surface area contributed by atoms with Crippen molar-refractivity contribution in [2.75, 3.05) is 45.2 Å². The molecule has 0 bridgehead atoms. The summed E-state index contributed by atoms with van der Waals surface area (Å²) in [5.74, 6) is 0.751. The van der Waals surface area contributed by atoms with Crippen molar-refractivity contribution in [3.05, 3.63) is 54.2 Å². The molecule has 1 aliphatic rings. The van der Waals surface area contributed by atoms with E-state index in [1.165, 1.54) is 16.1 Å². The van der Waals surface area contributed by atoms with Gasteiger partial charge in [0.15, 0.2) is 0 Å². The van der Waals surface area contributed by atoms with Crippen molar-refractivity contribution < 1.29 is 8.42 Å². The van der Waals surface area contributed by atoms with Crippen LogP contribution in [0.25, 0.3) is 0 Å². The fourth-order valence-corrected chi connectivity index (χ4v) is 4.23. The minimum absolute atomic E-state index is 0.258. The first-order valence-electron chi connectivity index (χ1n) is 8.36. The third-order valence-electron chi connectivity index (χ3n) is 4.47. The Morgan fingerprint density at radius 3 is 2.32 bits per heavy atom. The van der Waals surface area contributed by atoms with Gasteiger partial charge >= 0.3 is 0 Å². The Morgan fingerprint density at radius 1 is 1.04 bits per heavy atom. The van der Waals surface area contributed by atoms with Gasteiger partial charge in [0.1, 0.15) is 10.7 Å². The topological polar surface area (TPSA) is 56.8 Å². The molecule has 0 spiro atoms. The van der Waals surface area contributed by atoms with Gasteiger partial charge in [0.25, 0.3) is 0 Å². The average molecular weight is 360 g/mol. The molecule has 1 aromatic carbocycles. The highest BCUT2D eigenvalue weighted by molar-refractivity contribution is 7.89. The lowest BCUT2D eigenvalue weighted by molar-refractivity contribution is 0.222. The summed E-state index contributed by atoms with van der Waals surface area (Å²) in [7, 11) is 0.490. The van der Waals surface area contributed by atoms with Crippen LogP contribution in [-0.4, -0.2) is 62.9 Å². The van der Waals surface area contributed by atoms with Gasteiger partial charge < -0.3 is 9.80 Å². The zero-order valence-corrected chi connectivity index (χ0v) is 15.5. The molecule has 2 aromatic rings. The minimum Gasteiger partial charge on any atom is -0.355 e. The number of hydrogen-bond donors (Lipinski definition) is 0. The molecular weight excluding hydrogens is 336 g/mol. The van der Waals surface area contributed by atoms with Crippen molar-refractivity contribution in [2.45, 2.75) is 11.4 Å². The van der Waals surface area contributed by atoms with E-state index in [1.54, 1.807) is 12.1 Å².